The van der Waals surface area contributed by atoms with E-state index in [0.29, 0.717) is 63.1 Å². The number of nitrogens with two attached hydrogens (primary N) is 1. The zero-order valence-corrected chi connectivity index (χ0v) is 17.1. The molecule has 30 heavy (non-hydrogen) atoms. The van der Waals surface area contributed by atoms with E-state index in [1.54, 1.807) is 0 Å². The van der Waals surface area contributed by atoms with Crippen molar-refractivity contribution in [3.8, 4) is 0 Å². The number of hydrogen-bond acceptors (Lipinski definition) is 7. The Morgan fingerprint density at radius 2 is 1.90 bits per heavy atom. The van der Waals surface area contributed by atoms with Gasteiger partial charge in [0.25, 0.3) is 5.56 Å². The van der Waals surface area contributed by atoms with Crippen molar-refractivity contribution in [3.05, 3.63) is 33.0 Å². The van der Waals surface area contributed by atoms with E-state index in [2.05, 4.69) is 10.3 Å². The number of ketones is 2. The van der Waals surface area contributed by atoms with Crippen LogP contribution in [0.3, 0.4) is 0 Å². The third-order valence-electron chi connectivity index (χ3n) is 7.50. The minimum Gasteiger partial charge on any atom is -0.395 e. The van der Waals surface area contributed by atoms with Crippen LogP contribution in [-0.4, -0.2) is 41.3 Å². The van der Waals surface area contributed by atoms with Gasteiger partial charge < -0.3 is 20.8 Å². The fourth-order valence-electron chi connectivity index (χ4n) is 5.75. The largest absolute Gasteiger partial charge is 0.395 e. The molecule has 0 amide bonds. The van der Waals surface area contributed by atoms with Crippen LogP contribution < -0.4 is 16.6 Å². The molecule has 1 aromatic heterocycles. The number of carbonyl (C=O) groups is 2. The van der Waals surface area contributed by atoms with Crippen molar-refractivity contribution in [2.45, 2.75) is 63.3 Å². The van der Waals surface area contributed by atoms with Crippen molar-refractivity contribution >= 4 is 17.3 Å². The van der Waals surface area contributed by atoms with E-state index in [9.17, 15) is 14.4 Å². The number of aromatic amines is 1. The zero-order valence-electron chi connectivity index (χ0n) is 17.1. The molecule has 8 heteroatoms. The fourth-order valence-corrected chi connectivity index (χ4v) is 5.75. The molecule has 2 spiro atoms. The number of aromatic nitrogens is 2. The maximum atomic E-state index is 13.4. The van der Waals surface area contributed by atoms with Crippen LogP contribution in [0.2, 0.25) is 0 Å². The van der Waals surface area contributed by atoms with Gasteiger partial charge in [0.2, 0.25) is 0 Å². The summed E-state index contributed by atoms with van der Waals surface area (Å²) in [6.07, 6.45) is 5.43. The SMILES string of the molecule is N/C(=C1/CCC[C@@]2(CCCCC2=O)C1=O)c1nc2c(c(=O)[nH]1)CNC[C@@]21CCOC1. The topological polar surface area (TPSA) is 127 Å². The molecule has 2 aliphatic carbocycles. The molecule has 0 unspecified atom stereocenters. The van der Waals surface area contributed by atoms with E-state index < -0.39 is 5.41 Å². The van der Waals surface area contributed by atoms with Crippen molar-refractivity contribution in [1.29, 1.82) is 0 Å². The van der Waals surface area contributed by atoms with Gasteiger partial charge in [0.1, 0.15) is 5.78 Å². The molecule has 8 nitrogen and oxygen atoms in total. The lowest BCUT2D eigenvalue weighted by Crippen LogP contribution is -2.47. The predicted octanol–water partition coefficient (Wildman–Crippen LogP) is 1.08. The van der Waals surface area contributed by atoms with E-state index in [1.807, 2.05) is 0 Å². The Balaban J connectivity index is 1.59. The summed E-state index contributed by atoms with van der Waals surface area (Å²) in [4.78, 5) is 46.6. The van der Waals surface area contributed by atoms with Gasteiger partial charge in [-0.25, -0.2) is 4.98 Å². The van der Waals surface area contributed by atoms with Crippen LogP contribution in [0.25, 0.3) is 5.70 Å². The summed E-state index contributed by atoms with van der Waals surface area (Å²) in [5.74, 6) is 0.135. The number of carbonyl (C=O) groups excluding carboxylic acids is 2. The minimum atomic E-state index is -0.921. The molecule has 4 N–H and O–H groups in total. The molecule has 1 saturated heterocycles. The first-order valence-corrected chi connectivity index (χ1v) is 11.0. The molecule has 2 atom stereocenters. The van der Waals surface area contributed by atoms with Crippen LogP contribution >= 0.6 is 0 Å². The smallest absolute Gasteiger partial charge is 0.255 e. The molecule has 0 aromatic carbocycles. The second-order valence-electron chi connectivity index (χ2n) is 9.22. The number of H-pyrrole nitrogens is 1. The molecule has 3 heterocycles. The normalized spacial score (nSPS) is 33.2. The first-order valence-electron chi connectivity index (χ1n) is 11.0. The van der Waals surface area contributed by atoms with Gasteiger partial charge in [-0.15, -0.1) is 0 Å². The van der Waals surface area contributed by atoms with Crippen LogP contribution in [0.15, 0.2) is 10.4 Å². The quantitative estimate of drug-likeness (QED) is 0.465. The summed E-state index contributed by atoms with van der Waals surface area (Å²) in [6.45, 7) is 2.29. The number of allylic oxidation sites excluding steroid dienone is 1. The zero-order chi connectivity index (χ0) is 20.9. The van der Waals surface area contributed by atoms with E-state index >= 15 is 0 Å². The monoisotopic (exact) mass is 412 g/mol. The van der Waals surface area contributed by atoms with E-state index in [-0.39, 0.29) is 34.1 Å². The fraction of sp³-hybridized carbons (Fsp3) is 0.636. The number of nitrogens with zero attached hydrogens (tertiary/aromatic N) is 1. The highest BCUT2D eigenvalue weighted by Crippen LogP contribution is 2.45. The maximum absolute atomic E-state index is 13.4. The lowest BCUT2D eigenvalue weighted by atomic mass is 9.62. The Labute approximate surface area is 174 Å². The lowest BCUT2D eigenvalue weighted by molar-refractivity contribution is -0.143. The first-order chi connectivity index (χ1) is 14.5. The molecule has 4 aliphatic rings. The Morgan fingerprint density at radius 3 is 2.67 bits per heavy atom. The molecule has 2 aliphatic heterocycles. The van der Waals surface area contributed by atoms with Gasteiger partial charge in [-0.3, -0.25) is 14.4 Å². The van der Waals surface area contributed by atoms with E-state index in [4.69, 9.17) is 15.5 Å². The molecule has 5 rings (SSSR count). The number of nitrogens with one attached hydrogen (secondary N) is 2. The highest BCUT2D eigenvalue weighted by Gasteiger charge is 2.49. The molecule has 3 fully saturated rings. The molecule has 2 saturated carbocycles. The molecule has 0 radical (unpaired) electrons. The van der Waals surface area contributed by atoms with Crippen molar-refractivity contribution < 1.29 is 14.3 Å². The van der Waals surface area contributed by atoms with Crippen LogP contribution in [0.4, 0.5) is 0 Å². The van der Waals surface area contributed by atoms with Gasteiger partial charge >= 0.3 is 0 Å². The average Bonchev–Trinajstić information content (AvgIpc) is 3.21. The summed E-state index contributed by atoms with van der Waals surface area (Å²) < 4.78 is 5.63. The highest BCUT2D eigenvalue weighted by atomic mass is 16.5. The number of rotatable bonds is 1. The van der Waals surface area contributed by atoms with Crippen LogP contribution in [0.5, 0.6) is 0 Å². The van der Waals surface area contributed by atoms with Gasteiger partial charge in [0, 0.05) is 31.7 Å². The summed E-state index contributed by atoms with van der Waals surface area (Å²) in [6, 6.07) is 0. The van der Waals surface area contributed by atoms with E-state index in [0.717, 1.165) is 31.4 Å². The Kier molecular flexibility index (Phi) is 4.67. The highest BCUT2D eigenvalue weighted by molar-refractivity contribution is 6.17. The first kappa shape index (κ1) is 19.6. The van der Waals surface area contributed by atoms with Crippen LogP contribution in [-0.2, 0) is 26.3 Å². The maximum Gasteiger partial charge on any atom is 0.255 e. The number of Topliss-reactive ketones (excluding diaryl/α,β-unsaturated/α-hetero) is 2. The summed E-state index contributed by atoms with van der Waals surface area (Å²) in [7, 11) is 0. The van der Waals surface area contributed by atoms with Gasteiger partial charge in [-0.05, 0) is 38.5 Å². The molecule has 1 aromatic rings. The third-order valence-corrected chi connectivity index (χ3v) is 7.50. The molecule has 0 bridgehead atoms. The van der Waals surface area contributed by atoms with E-state index in [1.165, 1.54) is 0 Å². The van der Waals surface area contributed by atoms with Gasteiger partial charge in [-0.1, -0.05) is 6.42 Å². The van der Waals surface area contributed by atoms with Gasteiger partial charge in [-0.2, -0.15) is 0 Å². The molecular weight excluding hydrogens is 384 g/mol. The van der Waals surface area contributed by atoms with Crippen molar-refractivity contribution in [2.24, 2.45) is 11.1 Å². The van der Waals surface area contributed by atoms with Crippen LogP contribution in [0.1, 0.15) is 68.4 Å². The second-order valence-corrected chi connectivity index (χ2v) is 9.22. The van der Waals surface area contributed by atoms with Gasteiger partial charge in [0.15, 0.2) is 11.6 Å². The third kappa shape index (κ3) is 2.80. The van der Waals surface area contributed by atoms with Crippen LogP contribution in [0, 0.1) is 5.41 Å². The summed E-state index contributed by atoms with van der Waals surface area (Å²) in [5.41, 5.74) is 6.97. The average molecular weight is 412 g/mol. The van der Waals surface area contributed by atoms with Gasteiger partial charge in [0.05, 0.1) is 34.4 Å². The number of hydrogen-bond donors (Lipinski definition) is 3. The van der Waals surface area contributed by atoms with Crippen molar-refractivity contribution in [1.82, 2.24) is 15.3 Å². The van der Waals surface area contributed by atoms with Crippen molar-refractivity contribution in [2.75, 3.05) is 19.8 Å². The summed E-state index contributed by atoms with van der Waals surface area (Å²) in [5, 5.41) is 3.30. The Bertz CT molecular complexity index is 1000. The molecule has 160 valence electrons. The number of ether oxygens (including phenoxy) is 1. The predicted molar refractivity (Wildman–Crippen MR) is 110 cm³/mol. The Morgan fingerprint density at radius 1 is 1.07 bits per heavy atom. The standard InChI is InChI=1S/C22H28N4O4/c23-16(13-4-3-7-22(18(13)28)6-2-1-5-15(22)27)19-25-17-14(20(29)26-19)10-24-11-21(17)8-9-30-12-21/h24H,1-12,23H2,(H,25,26,29)/b16-13-/t21-,22-/m1/s1. The summed E-state index contributed by atoms with van der Waals surface area (Å²) >= 11 is 0. The second kappa shape index (κ2) is 7.13. The van der Waals surface area contributed by atoms with Crippen molar-refractivity contribution in [3.63, 3.8) is 0 Å². The Hall–Kier alpha value is -2.32. The lowest BCUT2D eigenvalue weighted by Gasteiger charge is -2.38. The minimum absolute atomic E-state index is 0.0452. The number of fused-ring (bicyclic) bond motifs is 2. The molecular formula is C22H28N4O4.